The van der Waals surface area contributed by atoms with Crippen molar-refractivity contribution >= 4 is 16.0 Å². The number of nitrogens with two attached hydrogens (primary N) is 1. The fraction of sp³-hybridized carbons (Fsp3) is 0.650. The van der Waals surface area contributed by atoms with Crippen molar-refractivity contribution in [3.63, 3.8) is 0 Å². The Morgan fingerprint density at radius 2 is 1.85 bits per heavy atom. The van der Waals surface area contributed by atoms with Gasteiger partial charge in [0.1, 0.15) is 0 Å². The van der Waals surface area contributed by atoms with Gasteiger partial charge in [-0.1, -0.05) is 31.9 Å². The normalized spacial score (nSPS) is 21.1. The molecule has 1 fully saturated rings. The number of hydrogen-bond acceptors (Lipinski definition) is 3. The van der Waals surface area contributed by atoms with E-state index in [1.54, 1.807) is 24.3 Å². The Hall–Kier alpha value is -1.60. The zero-order valence-electron chi connectivity index (χ0n) is 16.8. The van der Waals surface area contributed by atoms with Crippen LogP contribution in [0.2, 0.25) is 0 Å². The van der Waals surface area contributed by atoms with Gasteiger partial charge in [-0.15, -0.1) is 0 Å². The van der Waals surface area contributed by atoms with E-state index in [0.29, 0.717) is 6.54 Å². The highest BCUT2D eigenvalue weighted by Crippen LogP contribution is 2.28. The van der Waals surface area contributed by atoms with Gasteiger partial charge in [-0.2, -0.15) is 0 Å². The summed E-state index contributed by atoms with van der Waals surface area (Å²) in [6.45, 7) is 6.97. The van der Waals surface area contributed by atoms with Crippen LogP contribution in [0.25, 0.3) is 0 Å². The molecule has 1 aliphatic carbocycles. The maximum absolute atomic E-state index is 11.3. The van der Waals surface area contributed by atoms with Crippen LogP contribution in [0, 0.1) is 11.8 Å². The minimum absolute atomic E-state index is 0.143. The molecule has 0 saturated heterocycles. The first-order chi connectivity index (χ1) is 12.8. The maximum Gasteiger partial charge on any atom is 0.238 e. The Balaban J connectivity index is 1.90. The summed E-state index contributed by atoms with van der Waals surface area (Å²) in [6.07, 6.45) is 6.04. The van der Waals surface area contributed by atoms with Gasteiger partial charge in [-0.3, -0.25) is 4.99 Å². The van der Waals surface area contributed by atoms with Crippen LogP contribution < -0.4 is 10.5 Å². The average Bonchev–Trinajstić information content (AvgIpc) is 2.62. The number of aliphatic imine (C=N–C) groups is 1. The average molecular weight is 395 g/mol. The maximum atomic E-state index is 11.3. The summed E-state index contributed by atoms with van der Waals surface area (Å²) < 4.78 is 22.6. The molecule has 1 aromatic carbocycles. The predicted molar refractivity (Wildman–Crippen MR) is 111 cm³/mol. The topological polar surface area (TPSA) is 87.8 Å². The minimum atomic E-state index is -3.63. The van der Waals surface area contributed by atoms with E-state index in [0.717, 1.165) is 42.9 Å². The largest absolute Gasteiger partial charge is 0.357 e. The van der Waals surface area contributed by atoms with Crippen molar-refractivity contribution < 1.29 is 8.42 Å². The second-order valence-corrected chi connectivity index (χ2v) is 9.24. The van der Waals surface area contributed by atoms with Crippen LogP contribution >= 0.6 is 0 Å². The lowest BCUT2D eigenvalue weighted by molar-refractivity contribution is 0.250. The SMILES string of the molecule is CCNC(=NCCc1ccc(S(N)(=O)=O)cc1)N(C)CC1CCC(C)CC1. The Bertz CT molecular complexity index is 708. The Kier molecular flexibility index (Phi) is 8.10. The molecule has 1 aliphatic rings. The van der Waals surface area contributed by atoms with Gasteiger partial charge in [-0.05, 0) is 55.7 Å². The smallest absolute Gasteiger partial charge is 0.238 e. The van der Waals surface area contributed by atoms with Crippen LogP contribution in [0.5, 0.6) is 0 Å². The number of nitrogens with one attached hydrogen (secondary N) is 1. The van der Waals surface area contributed by atoms with Crippen molar-refractivity contribution in [2.45, 2.75) is 50.8 Å². The number of sulfonamides is 1. The fourth-order valence-corrected chi connectivity index (χ4v) is 4.11. The van der Waals surface area contributed by atoms with Crippen LogP contribution in [-0.2, 0) is 16.4 Å². The lowest BCUT2D eigenvalue weighted by Crippen LogP contribution is -2.42. The van der Waals surface area contributed by atoms with Gasteiger partial charge >= 0.3 is 0 Å². The molecular formula is C20H34N4O2S. The van der Waals surface area contributed by atoms with Gasteiger partial charge in [0.25, 0.3) is 0 Å². The zero-order chi connectivity index (χ0) is 19.9. The van der Waals surface area contributed by atoms with Gasteiger partial charge in [-0.25, -0.2) is 13.6 Å². The minimum Gasteiger partial charge on any atom is -0.357 e. The van der Waals surface area contributed by atoms with Gasteiger partial charge < -0.3 is 10.2 Å². The monoisotopic (exact) mass is 394 g/mol. The van der Waals surface area contributed by atoms with E-state index in [9.17, 15) is 8.42 Å². The molecule has 0 unspecified atom stereocenters. The second-order valence-electron chi connectivity index (χ2n) is 7.68. The molecular weight excluding hydrogens is 360 g/mol. The third kappa shape index (κ3) is 7.14. The number of nitrogens with zero attached hydrogens (tertiary/aromatic N) is 2. The van der Waals surface area contributed by atoms with E-state index in [1.165, 1.54) is 25.7 Å². The van der Waals surface area contributed by atoms with Crippen LogP contribution in [0.1, 0.15) is 45.1 Å². The van der Waals surface area contributed by atoms with E-state index >= 15 is 0 Å². The Morgan fingerprint density at radius 3 is 2.41 bits per heavy atom. The number of primary sulfonamides is 1. The lowest BCUT2D eigenvalue weighted by Gasteiger charge is -2.31. The number of rotatable bonds is 7. The van der Waals surface area contributed by atoms with Gasteiger partial charge in [0.05, 0.1) is 4.90 Å². The summed E-state index contributed by atoms with van der Waals surface area (Å²) in [5.41, 5.74) is 1.05. The molecule has 0 heterocycles. The van der Waals surface area contributed by atoms with Crippen molar-refractivity contribution in [3.8, 4) is 0 Å². The molecule has 0 atom stereocenters. The second kappa shape index (κ2) is 10.1. The summed E-state index contributed by atoms with van der Waals surface area (Å²) >= 11 is 0. The van der Waals surface area contributed by atoms with Crippen LogP contribution in [0.3, 0.4) is 0 Å². The third-order valence-corrected chi connectivity index (χ3v) is 6.21. The Labute approximate surface area is 164 Å². The predicted octanol–water partition coefficient (Wildman–Crippen LogP) is 2.60. The molecule has 0 aromatic heterocycles. The number of guanidine groups is 1. The highest BCUT2D eigenvalue weighted by Gasteiger charge is 2.20. The zero-order valence-corrected chi connectivity index (χ0v) is 17.6. The quantitative estimate of drug-likeness (QED) is 0.550. The molecule has 6 nitrogen and oxygen atoms in total. The van der Waals surface area contributed by atoms with E-state index in [4.69, 9.17) is 10.1 Å². The fourth-order valence-electron chi connectivity index (χ4n) is 3.59. The first-order valence-electron chi connectivity index (χ1n) is 9.90. The summed E-state index contributed by atoms with van der Waals surface area (Å²) in [5, 5.41) is 8.51. The molecule has 0 amide bonds. The molecule has 0 spiro atoms. The van der Waals surface area contributed by atoms with Gasteiger partial charge in [0, 0.05) is 26.7 Å². The molecule has 152 valence electrons. The van der Waals surface area contributed by atoms with Gasteiger partial charge in [0.2, 0.25) is 10.0 Å². The van der Waals surface area contributed by atoms with Gasteiger partial charge in [0.15, 0.2) is 5.96 Å². The molecule has 2 rings (SSSR count). The summed E-state index contributed by atoms with van der Waals surface area (Å²) in [4.78, 5) is 7.14. The van der Waals surface area contributed by atoms with E-state index < -0.39 is 10.0 Å². The van der Waals surface area contributed by atoms with Crippen molar-refractivity contribution in [1.29, 1.82) is 0 Å². The van der Waals surface area contributed by atoms with Crippen molar-refractivity contribution in [3.05, 3.63) is 29.8 Å². The third-order valence-electron chi connectivity index (χ3n) is 5.28. The molecule has 0 aliphatic heterocycles. The molecule has 3 N–H and O–H groups in total. The molecule has 1 saturated carbocycles. The molecule has 0 bridgehead atoms. The van der Waals surface area contributed by atoms with Crippen LogP contribution in [-0.4, -0.2) is 46.0 Å². The molecule has 27 heavy (non-hydrogen) atoms. The number of benzene rings is 1. The standard InChI is InChI=1S/C20H34N4O2S/c1-4-22-20(24(3)15-18-7-5-16(2)6-8-18)23-14-13-17-9-11-19(12-10-17)27(21,25)26/h9-12,16,18H,4-8,13-15H2,1-3H3,(H,22,23)(H2,21,25,26). The highest BCUT2D eigenvalue weighted by molar-refractivity contribution is 7.89. The molecule has 0 radical (unpaired) electrons. The number of hydrogen-bond donors (Lipinski definition) is 2. The highest BCUT2D eigenvalue weighted by atomic mass is 32.2. The van der Waals surface area contributed by atoms with E-state index in [-0.39, 0.29) is 4.90 Å². The summed E-state index contributed by atoms with van der Waals surface area (Å²) in [6, 6.07) is 6.70. The van der Waals surface area contributed by atoms with Crippen molar-refractivity contribution in [1.82, 2.24) is 10.2 Å². The lowest BCUT2D eigenvalue weighted by atomic mass is 9.83. The summed E-state index contributed by atoms with van der Waals surface area (Å²) in [7, 11) is -1.52. The van der Waals surface area contributed by atoms with Crippen LogP contribution in [0.15, 0.2) is 34.2 Å². The van der Waals surface area contributed by atoms with Crippen molar-refractivity contribution in [2.24, 2.45) is 22.0 Å². The molecule has 7 heteroatoms. The first-order valence-corrected chi connectivity index (χ1v) is 11.5. The van der Waals surface area contributed by atoms with Crippen molar-refractivity contribution in [2.75, 3.05) is 26.7 Å². The Morgan fingerprint density at radius 1 is 1.22 bits per heavy atom. The van der Waals surface area contributed by atoms with E-state index in [1.807, 2.05) is 0 Å². The van der Waals surface area contributed by atoms with E-state index in [2.05, 4.69) is 31.1 Å². The first kappa shape index (κ1) is 21.7. The van der Waals surface area contributed by atoms with Crippen LogP contribution in [0.4, 0.5) is 0 Å². The summed E-state index contributed by atoms with van der Waals surface area (Å²) in [5.74, 6) is 2.56. The molecule has 1 aromatic rings.